The van der Waals surface area contributed by atoms with Crippen molar-refractivity contribution in [3.05, 3.63) is 16.6 Å². The second-order valence-electron chi connectivity index (χ2n) is 5.56. The predicted octanol–water partition coefficient (Wildman–Crippen LogP) is 2.27. The average Bonchev–Trinajstić information content (AvgIpc) is 2.92. The zero-order chi connectivity index (χ0) is 11.7. The second-order valence-corrected chi connectivity index (χ2v) is 6.28. The van der Waals surface area contributed by atoms with E-state index in [9.17, 15) is 5.11 Å². The van der Waals surface area contributed by atoms with Crippen molar-refractivity contribution in [2.24, 2.45) is 5.41 Å². The van der Waals surface area contributed by atoms with Gasteiger partial charge >= 0.3 is 0 Å². The van der Waals surface area contributed by atoms with Gasteiger partial charge in [0.2, 0.25) is 0 Å². The quantitative estimate of drug-likeness (QED) is 0.877. The van der Waals surface area contributed by atoms with E-state index < -0.39 is 0 Å². The van der Waals surface area contributed by atoms with Gasteiger partial charge in [0.15, 0.2) is 0 Å². The lowest BCUT2D eigenvalue weighted by Gasteiger charge is -2.42. The zero-order valence-corrected chi connectivity index (χ0v) is 11.0. The van der Waals surface area contributed by atoms with Crippen LogP contribution < -0.4 is 0 Å². The first-order valence-electron chi connectivity index (χ1n) is 6.56. The van der Waals surface area contributed by atoms with Gasteiger partial charge in [-0.25, -0.2) is 4.98 Å². The van der Waals surface area contributed by atoms with Gasteiger partial charge in [0.1, 0.15) is 0 Å². The largest absolute Gasteiger partial charge is 0.393 e. The van der Waals surface area contributed by atoms with Gasteiger partial charge in [0.05, 0.1) is 17.3 Å². The normalized spacial score (nSPS) is 34.5. The third-order valence-electron chi connectivity index (χ3n) is 4.42. The van der Waals surface area contributed by atoms with E-state index in [2.05, 4.69) is 15.3 Å². The summed E-state index contributed by atoms with van der Waals surface area (Å²) in [6.45, 7) is 3.18. The molecule has 1 spiro atoms. The molecule has 0 aromatic carbocycles. The van der Waals surface area contributed by atoms with Gasteiger partial charge in [-0.15, -0.1) is 11.3 Å². The molecule has 0 radical (unpaired) electrons. The molecule has 0 unspecified atom stereocenters. The van der Waals surface area contributed by atoms with Crippen LogP contribution in [0.2, 0.25) is 0 Å². The molecule has 0 bridgehead atoms. The van der Waals surface area contributed by atoms with E-state index in [4.69, 9.17) is 0 Å². The molecule has 1 aliphatic heterocycles. The molecule has 2 aliphatic rings. The molecule has 3 rings (SSSR count). The smallest absolute Gasteiger partial charge is 0.0795 e. The number of rotatable bonds is 2. The highest BCUT2D eigenvalue weighted by Gasteiger charge is 2.44. The molecule has 1 aromatic heterocycles. The molecule has 1 saturated carbocycles. The van der Waals surface area contributed by atoms with Gasteiger partial charge < -0.3 is 5.11 Å². The maximum absolute atomic E-state index is 10.2. The van der Waals surface area contributed by atoms with Crippen LogP contribution in [0.25, 0.3) is 0 Å². The summed E-state index contributed by atoms with van der Waals surface area (Å²) in [4.78, 5) is 6.84. The van der Waals surface area contributed by atoms with Gasteiger partial charge in [-0.3, -0.25) is 4.90 Å². The molecule has 0 amide bonds. The van der Waals surface area contributed by atoms with Crippen LogP contribution in [0.3, 0.4) is 0 Å². The van der Waals surface area contributed by atoms with Crippen molar-refractivity contribution in [2.45, 2.75) is 44.8 Å². The summed E-state index contributed by atoms with van der Waals surface area (Å²) in [5.74, 6) is 0. The van der Waals surface area contributed by atoms with Crippen LogP contribution in [0.5, 0.6) is 0 Å². The SMILES string of the molecule is O[C@@H]1CCC[C@@]12CCCN(Cc1cscn1)C2. The minimum absolute atomic E-state index is 0.0688. The van der Waals surface area contributed by atoms with Gasteiger partial charge in [-0.1, -0.05) is 6.42 Å². The van der Waals surface area contributed by atoms with E-state index in [1.54, 1.807) is 11.3 Å². The molecule has 17 heavy (non-hydrogen) atoms. The minimum atomic E-state index is -0.0688. The summed E-state index contributed by atoms with van der Waals surface area (Å²) in [7, 11) is 0. The Kier molecular flexibility index (Phi) is 3.19. The average molecular weight is 252 g/mol. The minimum Gasteiger partial charge on any atom is -0.393 e. The van der Waals surface area contributed by atoms with Crippen molar-refractivity contribution >= 4 is 11.3 Å². The Labute approximate surface area is 106 Å². The van der Waals surface area contributed by atoms with Crippen LogP contribution in [-0.2, 0) is 6.54 Å². The summed E-state index contributed by atoms with van der Waals surface area (Å²) in [6.07, 6.45) is 5.78. The van der Waals surface area contributed by atoms with E-state index in [-0.39, 0.29) is 11.5 Å². The Bertz CT molecular complexity index is 368. The molecule has 2 fully saturated rings. The Morgan fingerprint density at radius 3 is 3.06 bits per heavy atom. The number of hydrogen-bond donors (Lipinski definition) is 1. The molecule has 94 valence electrons. The number of nitrogens with zero attached hydrogens (tertiary/aromatic N) is 2. The van der Waals surface area contributed by atoms with Crippen molar-refractivity contribution in [3.63, 3.8) is 0 Å². The fraction of sp³-hybridized carbons (Fsp3) is 0.769. The number of likely N-dealkylation sites (tertiary alicyclic amines) is 1. The van der Waals surface area contributed by atoms with Crippen LogP contribution in [0.4, 0.5) is 0 Å². The van der Waals surface area contributed by atoms with Crippen molar-refractivity contribution in [1.29, 1.82) is 0 Å². The Morgan fingerprint density at radius 2 is 2.35 bits per heavy atom. The predicted molar refractivity (Wildman–Crippen MR) is 68.9 cm³/mol. The van der Waals surface area contributed by atoms with Crippen molar-refractivity contribution in [2.75, 3.05) is 13.1 Å². The van der Waals surface area contributed by atoms with Crippen molar-refractivity contribution in [1.82, 2.24) is 9.88 Å². The summed E-state index contributed by atoms with van der Waals surface area (Å²) >= 11 is 1.67. The number of thiazole rings is 1. The van der Waals surface area contributed by atoms with Gasteiger partial charge in [0, 0.05) is 23.9 Å². The zero-order valence-electron chi connectivity index (χ0n) is 10.1. The monoisotopic (exact) mass is 252 g/mol. The van der Waals surface area contributed by atoms with Gasteiger partial charge in [-0.05, 0) is 32.2 Å². The first-order chi connectivity index (χ1) is 8.28. The first kappa shape index (κ1) is 11.6. The van der Waals surface area contributed by atoms with Crippen molar-refractivity contribution < 1.29 is 5.11 Å². The van der Waals surface area contributed by atoms with E-state index in [0.717, 1.165) is 26.1 Å². The molecule has 1 aromatic rings. The third-order valence-corrected chi connectivity index (χ3v) is 5.05. The molecule has 1 saturated heterocycles. The highest BCUT2D eigenvalue weighted by Crippen LogP contribution is 2.45. The number of aliphatic hydroxyl groups excluding tert-OH is 1. The molecule has 2 heterocycles. The summed E-state index contributed by atoms with van der Waals surface area (Å²) in [5, 5.41) is 12.3. The fourth-order valence-corrected chi connectivity index (χ4v) is 4.08. The van der Waals surface area contributed by atoms with E-state index in [0.29, 0.717) is 0 Å². The number of aliphatic hydroxyl groups is 1. The standard InChI is InChI=1S/C13H20N2OS/c16-12-3-1-4-13(12)5-2-6-15(9-13)7-11-8-17-10-14-11/h8,10,12,16H,1-7,9H2/t12-,13+/m1/s1. The van der Waals surface area contributed by atoms with Crippen LogP contribution >= 0.6 is 11.3 Å². The van der Waals surface area contributed by atoms with Crippen LogP contribution in [0.15, 0.2) is 10.9 Å². The number of piperidine rings is 1. The first-order valence-corrected chi connectivity index (χ1v) is 7.50. The lowest BCUT2D eigenvalue weighted by molar-refractivity contribution is -0.0123. The Hall–Kier alpha value is -0.450. The fourth-order valence-electron chi connectivity index (χ4n) is 3.53. The van der Waals surface area contributed by atoms with E-state index in [1.807, 2.05) is 5.51 Å². The molecular formula is C13H20N2OS. The van der Waals surface area contributed by atoms with Crippen LogP contribution in [-0.4, -0.2) is 34.2 Å². The highest BCUT2D eigenvalue weighted by atomic mass is 32.1. The summed E-state index contributed by atoms with van der Waals surface area (Å²) in [6, 6.07) is 0. The van der Waals surface area contributed by atoms with Gasteiger partial charge in [0.25, 0.3) is 0 Å². The molecule has 3 nitrogen and oxygen atoms in total. The Morgan fingerprint density at radius 1 is 1.47 bits per heavy atom. The number of aromatic nitrogens is 1. The maximum Gasteiger partial charge on any atom is 0.0795 e. The molecular weight excluding hydrogens is 232 g/mol. The molecule has 4 heteroatoms. The van der Waals surface area contributed by atoms with E-state index >= 15 is 0 Å². The maximum atomic E-state index is 10.2. The molecule has 2 atom stereocenters. The van der Waals surface area contributed by atoms with E-state index in [1.165, 1.54) is 31.4 Å². The van der Waals surface area contributed by atoms with Crippen LogP contribution in [0, 0.1) is 5.41 Å². The van der Waals surface area contributed by atoms with Gasteiger partial charge in [-0.2, -0.15) is 0 Å². The molecule has 1 N–H and O–H groups in total. The molecule has 1 aliphatic carbocycles. The lowest BCUT2D eigenvalue weighted by Crippen LogP contribution is -2.46. The summed E-state index contributed by atoms with van der Waals surface area (Å²) < 4.78 is 0. The van der Waals surface area contributed by atoms with Crippen molar-refractivity contribution in [3.8, 4) is 0 Å². The summed E-state index contributed by atoms with van der Waals surface area (Å²) in [5.41, 5.74) is 3.29. The third kappa shape index (κ3) is 2.26. The second kappa shape index (κ2) is 4.67. The van der Waals surface area contributed by atoms with Crippen LogP contribution in [0.1, 0.15) is 37.8 Å². The topological polar surface area (TPSA) is 36.4 Å². The lowest BCUT2D eigenvalue weighted by atomic mass is 9.76. The number of hydrogen-bond acceptors (Lipinski definition) is 4. The highest BCUT2D eigenvalue weighted by molar-refractivity contribution is 7.07. The Balaban J connectivity index is 1.67.